The molecule has 0 unspecified atom stereocenters. The van der Waals surface area contributed by atoms with E-state index in [0.29, 0.717) is 17.2 Å². The molecule has 0 bridgehead atoms. The van der Waals surface area contributed by atoms with Gasteiger partial charge >= 0.3 is 0 Å². The zero-order valence-electron chi connectivity index (χ0n) is 13.4. The first-order chi connectivity index (χ1) is 12.2. The molecule has 0 radical (unpaired) electrons. The van der Waals surface area contributed by atoms with Crippen molar-refractivity contribution in [3.63, 3.8) is 0 Å². The summed E-state index contributed by atoms with van der Waals surface area (Å²) in [6.45, 7) is 0.485. The van der Waals surface area contributed by atoms with Crippen LogP contribution in [0, 0.1) is 0 Å². The zero-order valence-corrected chi connectivity index (χ0v) is 15.0. The molecule has 0 aliphatic carbocycles. The maximum absolute atomic E-state index is 13.1. The number of benzene rings is 2. The predicted molar refractivity (Wildman–Crippen MR) is 99.7 cm³/mol. The molecule has 1 aliphatic heterocycles. The van der Waals surface area contributed by atoms with Gasteiger partial charge < -0.3 is 4.42 Å². The highest BCUT2D eigenvalue weighted by atomic mass is 32.2. The van der Waals surface area contributed by atoms with Crippen molar-refractivity contribution in [1.29, 1.82) is 0 Å². The fraction of sp³-hybridized carbons (Fsp3) is 0.158. The van der Waals surface area contributed by atoms with Crippen molar-refractivity contribution < 1.29 is 12.8 Å². The van der Waals surface area contributed by atoms with Crippen molar-refractivity contribution in [2.75, 3.05) is 12.3 Å². The van der Waals surface area contributed by atoms with Crippen molar-refractivity contribution in [2.24, 2.45) is 0 Å². The maximum atomic E-state index is 13.1. The molecule has 6 heteroatoms. The van der Waals surface area contributed by atoms with Gasteiger partial charge in [-0.1, -0.05) is 42.5 Å². The number of thioether (sulfide) groups is 1. The van der Waals surface area contributed by atoms with Crippen LogP contribution >= 0.6 is 11.8 Å². The molecule has 1 atom stereocenters. The largest absolute Gasteiger partial charge is 0.467 e. The number of rotatable bonds is 4. The van der Waals surface area contributed by atoms with E-state index in [1.54, 1.807) is 36.2 Å². The van der Waals surface area contributed by atoms with Gasteiger partial charge in [0.25, 0.3) is 0 Å². The summed E-state index contributed by atoms with van der Waals surface area (Å²) in [6, 6.07) is 20.6. The third-order valence-electron chi connectivity index (χ3n) is 4.20. The molecule has 2 heterocycles. The topological polar surface area (TPSA) is 50.5 Å². The molecule has 3 aromatic rings. The normalized spacial score (nSPS) is 18.5. The number of sulfonamides is 1. The maximum Gasteiger partial charge on any atom is 0.244 e. The minimum atomic E-state index is -3.56. The van der Waals surface area contributed by atoms with Crippen molar-refractivity contribution in [1.82, 2.24) is 4.31 Å². The highest BCUT2D eigenvalue weighted by Gasteiger charge is 2.38. The standard InChI is InChI=1S/C19H17NO3S2/c21-25(22,20-12-14-24-19(20)18-7-4-13-23-18)17-10-8-16(9-11-17)15-5-2-1-3-6-15/h1-11,13,19H,12,14H2/t19-/m0/s1. The second kappa shape index (κ2) is 6.71. The summed E-state index contributed by atoms with van der Waals surface area (Å²) in [4.78, 5) is 0.311. The summed E-state index contributed by atoms with van der Waals surface area (Å²) in [5.41, 5.74) is 2.06. The Kier molecular flexibility index (Phi) is 4.41. The molecule has 4 rings (SSSR count). The van der Waals surface area contributed by atoms with E-state index in [4.69, 9.17) is 4.42 Å². The minimum Gasteiger partial charge on any atom is -0.467 e. The molecular formula is C19H17NO3S2. The Morgan fingerprint density at radius 2 is 1.64 bits per heavy atom. The smallest absolute Gasteiger partial charge is 0.244 e. The SMILES string of the molecule is O=S(=O)(c1ccc(-c2ccccc2)cc1)N1CCS[C@H]1c1ccco1. The van der Waals surface area contributed by atoms with Crippen LogP contribution in [0.4, 0.5) is 0 Å². The summed E-state index contributed by atoms with van der Waals surface area (Å²) >= 11 is 1.58. The second-order valence-electron chi connectivity index (χ2n) is 5.74. The molecule has 2 aromatic carbocycles. The van der Waals surface area contributed by atoms with Crippen LogP contribution in [0.1, 0.15) is 11.1 Å². The van der Waals surface area contributed by atoms with E-state index in [1.807, 2.05) is 48.5 Å². The lowest BCUT2D eigenvalue weighted by Gasteiger charge is -2.21. The average molecular weight is 371 g/mol. The Morgan fingerprint density at radius 3 is 2.32 bits per heavy atom. The first kappa shape index (κ1) is 16.4. The van der Waals surface area contributed by atoms with E-state index in [1.165, 1.54) is 4.31 Å². The fourth-order valence-electron chi connectivity index (χ4n) is 2.94. The fourth-order valence-corrected chi connectivity index (χ4v) is 6.11. The highest BCUT2D eigenvalue weighted by Crippen LogP contribution is 2.41. The summed E-state index contributed by atoms with van der Waals surface area (Å²) in [6.07, 6.45) is 1.58. The molecule has 1 saturated heterocycles. The highest BCUT2D eigenvalue weighted by molar-refractivity contribution is 8.00. The second-order valence-corrected chi connectivity index (χ2v) is 8.82. The van der Waals surface area contributed by atoms with E-state index in [0.717, 1.165) is 16.9 Å². The Hall–Kier alpha value is -2.02. The van der Waals surface area contributed by atoms with Crippen LogP contribution in [0.3, 0.4) is 0 Å². The lowest BCUT2D eigenvalue weighted by molar-refractivity contribution is 0.383. The number of hydrogen-bond donors (Lipinski definition) is 0. The van der Waals surface area contributed by atoms with Crippen molar-refractivity contribution in [3.8, 4) is 11.1 Å². The first-order valence-electron chi connectivity index (χ1n) is 7.98. The number of furan rings is 1. The van der Waals surface area contributed by atoms with Crippen LogP contribution in [0.15, 0.2) is 82.3 Å². The first-order valence-corrected chi connectivity index (χ1v) is 10.5. The quantitative estimate of drug-likeness (QED) is 0.683. The molecule has 1 aliphatic rings. The molecule has 0 spiro atoms. The van der Waals surface area contributed by atoms with Gasteiger partial charge in [0.2, 0.25) is 10.0 Å². The van der Waals surface area contributed by atoms with Gasteiger partial charge in [0, 0.05) is 12.3 Å². The third-order valence-corrected chi connectivity index (χ3v) is 7.44. The Morgan fingerprint density at radius 1 is 0.920 bits per heavy atom. The molecule has 0 N–H and O–H groups in total. The van der Waals surface area contributed by atoms with E-state index in [2.05, 4.69) is 0 Å². The lowest BCUT2D eigenvalue weighted by Crippen LogP contribution is -2.30. The lowest BCUT2D eigenvalue weighted by atomic mass is 10.1. The predicted octanol–water partition coefficient (Wildman–Crippen LogP) is 4.38. The van der Waals surface area contributed by atoms with Gasteiger partial charge in [-0.25, -0.2) is 8.42 Å². The number of nitrogens with zero attached hydrogens (tertiary/aromatic N) is 1. The summed E-state index contributed by atoms with van der Waals surface area (Å²) in [5, 5.41) is -0.297. The Balaban J connectivity index is 1.64. The number of hydrogen-bond acceptors (Lipinski definition) is 4. The third kappa shape index (κ3) is 3.13. The molecule has 0 amide bonds. The summed E-state index contributed by atoms with van der Waals surface area (Å²) in [5.74, 6) is 1.43. The average Bonchev–Trinajstić information content (AvgIpc) is 3.34. The summed E-state index contributed by atoms with van der Waals surface area (Å²) < 4.78 is 33.1. The van der Waals surface area contributed by atoms with Crippen LogP contribution in [-0.4, -0.2) is 25.0 Å². The molecule has 4 nitrogen and oxygen atoms in total. The van der Waals surface area contributed by atoms with Gasteiger partial charge in [0.05, 0.1) is 11.2 Å². The Bertz CT molecular complexity index is 936. The van der Waals surface area contributed by atoms with Gasteiger partial charge in [0.1, 0.15) is 11.1 Å². The van der Waals surface area contributed by atoms with E-state index in [-0.39, 0.29) is 5.37 Å². The van der Waals surface area contributed by atoms with Crippen LogP contribution < -0.4 is 0 Å². The van der Waals surface area contributed by atoms with Gasteiger partial charge in [-0.3, -0.25) is 0 Å². The van der Waals surface area contributed by atoms with E-state index < -0.39 is 10.0 Å². The van der Waals surface area contributed by atoms with Gasteiger partial charge in [-0.15, -0.1) is 11.8 Å². The van der Waals surface area contributed by atoms with Crippen molar-refractivity contribution in [3.05, 3.63) is 78.8 Å². The monoisotopic (exact) mass is 371 g/mol. The molecular weight excluding hydrogens is 354 g/mol. The van der Waals surface area contributed by atoms with Gasteiger partial charge in [0.15, 0.2) is 0 Å². The van der Waals surface area contributed by atoms with Crippen LogP contribution in [0.2, 0.25) is 0 Å². The zero-order chi connectivity index (χ0) is 17.3. The molecule has 1 aromatic heterocycles. The molecule has 25 heavy (non-hydrogen) atoms. The summed E-state index contributed by atoms with van der Waals surface area (Å²) in [7, 11) is -3.56. The van der Waals surface area contributed by atoms with Gasteiger partial charge in [-0.05, 0) is 35.4 Å². The van der Waals surface area contributed by atoms with Crippen molar-refractivity contribution >= 4 is 21.8 Å². The minimum absolute atomic E-state index is 0.297. The Labute approximate surface area is 151 Å². The van der Waals surface area contributed by atoms with Crippen LogP contribution in [-0.2, 0) is 10.0 Å². The van der Waals surface area contributed by atoms with Crippen LogP contribution in [0.5, 0.6) is 0 Å². The van der Waals surface area contributed by atoms with E-state index >= 15 is 0 Å². The molecule has 1 fully saturated rings. The van der Waals surface area contributed by atoms with Gasteiger partial charge in [-0.2, -0.15) is 4.31 Å². The van der Waals surface area contributed by atoms with Crippen molar-refractivity contribution in [2.45, 2.75) is 10.3 Å². The molecule has 128 valence electrons. The molecule has 0 saturated carbocycles. The van der Waals surface area contributed by atoms with E-state index in [9.17, 15) is 8.42 Å². The van der Waals surface area contributed by atoms with Crippen LogP contribution in [0.25, 0.3) is 11.1 Å².